The van der Waals surface area contributed by atoms with Crippen LogP contribution < -0.4 is 5.43 Å². The number of aromatic nitrogens is 1. The highest BCUT2D eigenvalue weighted by Gasteiger charge is 2.12. The molecule has 2 aromatic rings. The number of nitrogens with zero attached hydrogens (tertiary/aromatic N) is 2. The topological polar surface area (TPSA) is 115 Å². The van der Waals surface area contributed by atoms with Crippen LogP contribution in [-0.4, -0.2) is 32.4 Å². The lowest BCUT2D eigenvalue weighted by Crippen LogP contribution is -2.17. The van der Waals surface area contributed by atoms with E-state index >= 15 is 0 Å². The van der Waals surface area contributed by atoms with E-state index in [-0.39, 0.29) is 5.56 Å². The van der Waals surface area contributed by atoms with E-state index in [1.807, 2.05) is 0 Å². The number of phenolic OH excluding ortho intramolecular Hbond substituents is 3. The molecule has 0 radical (unpaired) electrons. The zero-order valence-electron chi connectivity index (χ0n) is 10.2. The number of hydrogen-bond donors (Lipinski definition) is 4. The van der Waals surface area contributed by atoms with Crippen LogP contribution in [0, 0.1) is 0 Å². The minimum absolute atomic E-state index is 0.0373. The SMILES string of the molecule is O=C(N/N=C/c1ccncc1)c1cc(O)c(O)c(O)c1. The first-order chi connectivity index (χ1) is 9.58. The predicted molar refractivity (Wildman–Crippen MR) is 70.7 cm³/mol. The fourth-order valence-electron chi connectivity index (χ4n) is 1.41. The average Bonchev–Trinajstić information content (AvgIpc) is 2.45. The third-order valence-electron chi connectivity index (χ3n) is 2.42. The van der Waals surface area contributed by atoms with Crippen molar-refractivity contribution in [1.82, 2.24) is 10.4 Å². The zero-order chi connectivity index (χ0) is 14.5. The summed E-state index contributed by atoms with van der Waals surface area (Å²) >= 11 is 0. The zero-order valence-corrected chi connectivity index (χ0v) is 10.2. The highest BCUT2D eigenvalue weighted by Crippen LogP contribution is 2.35. The molecule has 7 nitrogen and oxygen atoms in total. The molecule has 1 aromatic carbocycles. The third kappa shape index (κ3) is 3.02. The molecule has 102 valence electrons. The Labute approximate surface area is 113 Å². The van der Waals surface area contributed by atoms with Gasteiger partial charge in [0.25, 0.3) is 5.91 Å². The minimum atomic E-state index is -0.679. The molecule has 4 N–H and O–H groups in total. The number of benzene rings is 1. The van der Waals surface area contributed by atoms with Crippen molar-refractivity contribution in [3.63, 3.8) is 0 Å². The normalized spacial score (nSPS) is 10.6. The van der Waals surface area contributed by atoms with E-state index in [9.17, 15) is 20.1 Å². The summed E-state index contributed by atoms with van der Waals surface area (Å²) in [6.45, 7) is 0. The van der Waals surface area contributed by atoms with Crippen LogP contribution in [0.2, 0.25) is 0 Å². The van der Waals surface area contributed by atoms with Crippen molar-refractivity contribution in [3.8, 4) is 17.2 Å². The molecule has 0 bridgehead atoms. The number of phenols is 3. The number of carbonyl (C=O) groups excluding carboxylic acids is 1. The van der Waals surface area contributed by atoms with Crippen LogP contribution in [0.1, 0.15) is 15.9 Å². The van der Waals surface area contributed by atoms with Gasteiger partial charge in [0.2, 0.25) is 0 Å². The van der Waals surface area contributed by atoms with Gasteiger partial charge in [-0.3, -0.25) is 9.78 Å². The largest absolute Gasteiger partial charge is 0.504 e. The van der Waals surface area contributed by atoms with Crippen LogP contribution >= 0.6 is 0 Å². The monoisotopic (exact) mass is 273 g/mol. The van der Waals surface area contributed by atoms with Gasteiger partial charge in [-0.2, -0.15) is 5.10 Å². The molecule has 0 spiro atoms. The molecule has 2 rings (SSSR count). The molecule has 0 aliphatic carbocycles. The molecule has 7 heteroatoms. The van der Waals surface area contributed by atoms with Crippen molar-refractivity contribution >= 4 is 12.1 Å². The first-order valence-electron chi connectivity index (χ1n) is 5.56. The fourth-order valence-corrected chi connectivity index (χ4v) is 1.41. The molecule has 0 fully saturated rings. The molecule has 1 heterocycles. The van der Waals surface area contributed by atoms with Crippen molar-refractivity contribution in [3.05, 3.63) is 47.8 Å². The van der Waals surface area contributed by atoms with E-state index in [1.54, 1.807) is 24.5 Å². The Bertz CT molecular complexity index is 633. The van der Waals surface area contributed by atoms with Gasteiger partial charge < -0.3 is 15.3 Å². The summed E-state index contributed by atoms with van der Waals surface area (Å²) in [6.07, 6.45) is 4.58. The van der Waals surface area contributed by atoms with Gasteiger partial charge in [-0.05, 0) is 29.8 Å². The van der Waals surface area contributed by atoms with Crippen LogP contribution in [0.3, 0.4) is 0 Å². The number of rotatable bonds is 3. The minimum Gasteiger partial charge on any atom is -0.504 e. The number of pyridine rings is 1. The molecule has 1 aromatic heterocycles. The molecule has 0 aliphatic rings. The van der Waals surface area contributed by atoms with Gasteiger partial charge in [-0.1, -0.05) is 0 Å². The van der Waals surface area contributed by atoms with Crippen molar-refractivity contribution in [1.29, 1.82) is 0 Å². The van der Waals surface area contributed by atoms with Crippen molar-refractivity contribution in [2.45, 2.75) is 0 Å². The van der Waals surface area contributed by atoms with E-state index < -0.39 is 23.2 Å². The van der Waals surface area contributed by atoms with Crippen LogP contribution in [0.15, 0.2) is 41.8 Å². The maximum absolute atomic E-state index is 11.7. The lowest BCUT2D eigenvalue weighted by atomic mass is 10.2. The number of nitrogens with one attached hydrogen (secondary N) is 1. The van der Waals surface area contributed by atoms with Crippen LogP contribution in [0.5, 0.6) is 17.2 Å². The van der Waals surface area contributed by atoms with Crippen LogP contribution in [0.4, 0.5) is 0 Å². The van der Waals surface area contributed by atoms with E-state index in [1.165, 1.54) is 6.21 Å². The third-order valence-corrected chi connectivity index (χ3v) is 2.42. The van der Waals surface area contributed by atoms with Gasteiger partial charge in [0.15, 0.2) is 17.2 Å². The number of aromatic hydroxyl groups is 3. The Morgan fingerprint density at radius 2 is 1.75 bits per heavy atom. The van der Waals surface area contributed by atoms with Crippen LogP contribution in [-0.2, 0) is 0 Å². The second-order valence-corrected chi connectivity index (χ2v) is 3.84. The molecular weight excluding hydrogens is 262 g/mol. The summed E-state index contributed by atoms with van der Waals surface area (Å²) in [5.74, 6) is -2.50. The van der Waals surface area contributed by atoms with E-state index in [0.29, 0.717) is 0 Å². The van der Waals surface area contributed by atoms with Gasteiger partial charge in [0.1, 0.15) is 0 Å². The first-order valence-corrected chi connectivity index (χ1v) is 5.56. The van der Waals surface area contributed by atoms with Crippen molar-refractivity contribution < 1.29 is 20.1 Å². The summed E-state index contributed by atoms with van der Waals surface area (Å²) < 4.78 is 0. The van der Waals surface area contributed by atoms with E-state index in [2.05, 4.69) is 15.5 Å². The maximum Gasteiger partial charge on any atom is 0.271 e. The van der Waals surface area contributed by atoms with Crippen molar-refractivity contribution in [2.24, 2.45) is 5.10 Å². The van der Waals surface area contributed by atoms with Gasteiger partial charge in [-0.15, -0.1) is 0 Å². The number of hydrazone groups is 1. The molecule has 0 saturated carbocycles. The smallest absolute Gasteiger partial charge is 0.271 e. The first kappa shape index (κ1) is 13.3. The average molecular weight is 273 g/mol. The lowest BCUT2D eigenvalue weighted by Gasteiger charge is -2.04. The van der Waals surface area contributed by atoms with Crippen molar-refractivity contribution in [2.75, 3.05) is 0 Å². The summed E-state index contributed by atoms with van der Waals surface area (Å²) in [6, 6.07) is 5.44. The summed E-state index contributed by atoms with van der Waals surface area (Å²) in [4.78, 5) is 15.5. The Kier molecular flexibility index (Phi) is 3.80. The van der Waals surface area contributed by atoms with Crippen LogP contribution in [0.25, 0.3) is 0 Å². The standard InChI is InChI=1S/C13H11N3O4/c17-10-5-9(6-11(18)12(10)19)13(20)16-15-7-8-1-3-14-4-2-8/h1-7,17-19H,(H,16,20)/b15-7+. The quantitative estimate of drug-likeness (QED) is 0.378. The molecule has 0 aliphatic heterocycles. The molecule has 20 heavy (non-hydrogen) atoms. The maximum atomic E-state index is 11.7. The Morgan fingerprint density at radius 3 is 2.35 bits per heavy atom. The Morgan fingerprint density at radius 1 is 1.15 bits per heavy atom. The second-order valence-electron chi connectivity index (χ2n) is 3.84. The number of hydrogen-bond acceptors (Lipinski definition) is 6. The second kappa shape index (κ2) is 5.70. The lowest BCUT2D eigenvalue weighted by molar-refractivity contribution is 0.0954. The fraction of sp³-hybridized carbons (Fsp3) is 0. The summed E-state index contributed by atoms with van der Waals surface area (Å²) in [7, 11) is 0. The van der Waals surface area contributed by atoms with Gasteiger partial charge in [-0.25, -0.2) is 5.43 Å². The Hall–Kier alpha value is -3.09. The molecule has 0 unspecified atom stereocenters. The highest BCUT2D eigenvalue weighted by molar-refractivity contribution is 5.96. The van der Waals surface area contributed by atoms with E-state index in [0.717, 1.165) is 17.7 Å². The van der Waals surface area contributed by atoms with Gasteiger partial charge in [0.05, 0.1) is 6.21 Å². The number of amides is 1. The number of carbonyl (C=O) groups is 1. The highest BCUT2D eigenvalue weighted by atomic mass is 16.3. The Balaban J connectivity index is 2.08. The predicted octanol–water partition coefficient (Wildman–Crippen LogP) is 0.962. The van der Waals surface area contributed by atoms with Gasteiger partial charge in [0, 0.05) is 18.0 Å². The molecule has 0 saturated heterocycles. The van der Waals surface area contributed by atoms with E-state index in [4.69, 9.17) is 0 Å². The molecule has 0 atom stereocenters. The summed E-state index contributed by atoms with van der Waals surface area (Å²) in [5.41, 5.74) is 2.94. The van der Waals surface area contributed by atoms with Gasteiger partial charge >= 0.3 is 0 Å². The molecular formula is C13H11N3O4. The molecule has 1 amide bonds. The summed E-state index contributed by atoms with van der Waals surface area (Å²) in [5, 5.41) is 31.5.